The molecule has 1 aliphatic heterocycles. The fourth-order valence-electron chi connectivity index (χ4n) is 4.77. The van der Waals surface area contributed by atoms with Gasteiger partial charge in [-0.1, -0.05) is 43.9 Å². The Morgan fingerprint density at radius 2 is 1.69 bits per heavy atom. The first-order valence-corrected chi connectivity index (χ1v) is 11.4. The van der Waals surface area contributed by atoms with E-state index in [-0.39, 0.29) is 5.92 Å². The van der Waals surface area contributed by atoms with E-state index < -0.39 is 0 Å². The van der Waals surface area contributed by atoms with Gasteiger partial charge in [0.25, 0.3) is 0 Å². The van der Waals surface area contributed by atoms with Crippen molar-refractivity contribution in [1.29, 1.82) is 0 Å². The normalized spacial score (nSPS) is 18.6. The van der Waals surface area contributed by atoms with Gasteiger partial charge in [-0.05, 0) is 57.0 Å². The highest BCUT2D eigenvalue weighted by Crippen LogP contribution is 2.25. The van der Waals surface area contributed by atoms with E-state index >= 15 is 0 Å². The van der Waals surface area contributed by atoms with Gasteiger partial charge in [0, 0.05) is 25.2 Å². The van der Waals surface area contributed by atoms with Crippen LogP contribution in [-0.2, 0) is 11.3 Å². The average molecular weight is 395 g/mol. The third kappa shape index (κ3) is 5.27. The summed E-state index contributed by atoms with van der Waals surface area (Å²) in [6.45, 7) is 4.78. The van der Waals surface area contributed by atoms with Crippen molar-refractivity contribution in [2.75, 3.05) is 26.2 Å². The number of carbonyl (C=O) groups excluding carboxylic acids is 1. The molecule has 0 spiro atoms. The maximum Gasteiger partial charge on any atom is 0.226 e. The van der Waals surface area contributed by atoms with Gasteiger partial charge < -0.3 is 9.80 Å². The van der Waals surface area contributed by atoms with Crippen LogP contribution in [0.4, 0.5) is 0 Å². The van der Waals surface area contributed by atoms with Crippen LogP contribution >= 0.6 is 0 Å². The average Bonchev–Trinajstić information content (AvgIpc) is 3.37. The lowest BCUT2D eigenvalue weighted by molar-refractivity contribution is -0.136. The summed E-state index contributed by atoms with van der Waals surface area (Å²) in [5, 5.41) is 4.53. The number of para-hydroxylation sites is 1. The first-order valence-electron chi connectivity index (χ1n) is 11.4. The Labute approximate surface area is 174 Å². The highest BCUT2D eigenvalue weighted by atomic mass is 16.2. The molecule has 156 valence electrons. The monoisotopic (exact) mass is 394 g/mol. The molecule has 1 saturated carbocycles. The summed E-state index contributed by atoms with van der Waals surface area (Å²) < 4.78 is 1.98. The van der Waals surface area contributed by atoms with Crippen molar-refractivity contribution < 1.29 is 4.79 Å². The van der Waals surface area contributed by atoms with Crippen molar-refractivity contribution in [3.63, 3.8) is 0 Å². The van der Waals surface area contributed by atoms with Crippen molar-refractivity contribution in [3.05, 3.63) is 48.3 Å². The Bertz CT molecular complexity index is 758. The SMILES string of the molecule is O=C(C1CCCCCC1)N(CCN1CCCC1)Cc1ccnn1-c1ccccc1. The van der Waals surface area contributed by atoms with E-state index in [4.69, 9.17) is 0 Å². The van der Waals surface area contributed by atoms with Crippen LogP contribution < -0.4 is 0 Å². The molecule has 1 saturated heterocycles. The van der Waals surface area contributed by atoms with Gasteiger partial charge in [-0.2, -0.15) is 5.10 Å². The molecule has 1 aromatic heterocycles. The van der Waals surface area contributed by atoms with E-state index in [1.165, 1.54) is 51.6 Å². The summed E-state index contributed by atoms with van der Waals surface area (Å²) in [5.74, 6) is 0.552. The molecule has 29 heavy (non-hydrogen) atoms. The summed E-state index contributed by atoms with van der Waals surface area (Å²) in [4.78, 5) is 18.1. The number of aromatic nitrogens is 2. The van der Waals surface area contributed by atoms with Crippen molar-refractivity contribution in [1.82, 2.24) is 19.6 Å². The molecule has 2 fully saturated rings. The lowest BCUT2D eigenvalue weighted by atomic mass is 9.98. The molecule has 1 aliphatic carbocycles. The summed E-state index contributed by atoms with van der Waals surface area (Å²) in [6.07, 6.45) is 11.5. The number of carbonyl (C=O) groups is 1. The molecule has 0 N–H and O–H groups in total. The Balaban J connectivity index is 1.50. The fourth-order valence-corrected chi connectivity index (χ4v) is 4.77. The maximum atomic E-state index is 13.5. The van der Waals surface area contributed by atoms with Gasteiger partial charge in [0.2, 0.25) is 5.91 Å². The van der Waals surface area contributed by atoms with Gasteiger partial charge in [-0.25, -0.2) is 4.68 Å². The zero-order chi connectivity index (χ0) is 19.9. The first kappa shape index (κ1) is 20.1. The van der Waals surface area contributed by atoms with Gasteiger partial charge >= 0.3 is 0 Å². The Morgan fingerprint density at radius 1 is 0.966 bits per heavy atom. The molecule has 0 unspecified atom stereocenters. The number of hydrogen-bond acceptors (Lipinski definition) is 3. The number of rotatable bonds is 7. The third-order valence-corrected chi connectivity index (χ3v) is 6.48. The van der Waals surface area contributed by atoms with Gasteiger partial charge in [0.15, 0.2) is 0 Å². The number of benzene rings is 1. The number of likely N-dealkylation sites (tertiary alicyclic amines) is 1. The van der Waals surface area contributed by atoms with Crippen molar-refractivity contribution >= 4 is 5.91 Å². The molecular weight excluding hydrogens is 360 g/mol. The van der Waals surface area contributed by atoms with Crippen LogP contribution in [0.1, 0.15) is 57.1 Å². The Kier molecular flexibility index (Phi) is 6.99. The van der Waals surface area contributed by atoms with E-state index in [9.17, 15) is 4.79 Å². The zero-order valence-corrected chi connectivity index (χ0v) is 17.5. The van der Waals surface area contributed by atoms with Gasteiger partial charge in [0.05, 0.1) is 17.9 Å². The van der Waals surface area contributed by atoms with Crippen LogP contribution in [0, 0.1) is 5.92 Å². The highest BCUT2D eigenvalue weighted by Gasteiger charge is 2.26. The molecule has 0 radical (unpaired) electrons. The quantitative estimate of drug-likeness (QED) is 0.659. The van der Waals surface area contributed by atoms with Crippen LogP contribution in [0.25, 0.3) is 5.69 Å². The smallest absolute Gasteiger partial charge is 0.226 e. The van der Waals surface area contributed by atoms with Gasteiger partial charge in [-0.15, -0.1) is 0 Å². The second-order valence-corrected chi connectivity index (χ2v) is 8.57. The molecule has 2 aliphatic rings. The lowest BCUT2D eigenvalue weighted by Crippen LogP contribution is -2.41. The van der Waals surface area contributed by atoms with Crippen LogP contribution in [0.2, 0.25) is 0 Å². The molecule has 0 atom stereocenters. The molecule has 2 aromatic rings. The Hall–Kier alpha value is -2.14. The van der Waals surface area contributed by atoms with E-state index in [2.05, 4.69) is 33.1 Å². The number of nitrogens with zero attached hydrogens (tertiary/aromatic N) is 4. The zero-order valence-electron chi connectivity index (χ0n) is 17.5. The van der Waals surface area contributed by atoms with Gasteiger partial charge in [0.1, 0.15) is 0 Å². The summed E-state index contributed by atoms with van der Waals surface area (Å²) >= 11 is 0. The molecule has 5 heteroatoms. The van der Waals surface area contributed by atoms with Crippen LogP contribution in [-0.4, -0.2) is 51.7 Å². The molecule has 1 amide bonds. The topological polar surface area (TPSA) is 41.4 Å². The molecule has 4 rings (SSSR count). The standard InChI is InChI=1S/C24H34N4O/c29-24(21-10-4-1-2-5-11-21)27(19-18-26-16-8-9-17-26)20-23-14-15-25-28(23)22-12-6-3-7-13-22/h3,6-7,12-15,21H,1-2,4-5,8-11,16-20H2. The molecule has 1 aromatic carbocycles. The lowest BCUT2D eigenvalue weighted by Gasteiger charge is -2.29. The second kappa shape index (κ2) is 10.1. The van der Waals surface area contributed by atoms with E-state index in [0.29, 0.717) is 12.5 Å². The summed E-state index contributed by atoms with van der Waals surface area (Å²) in [7, 11) is 0. The largest absolute Gasteiger partial charge is 0.335 e. The van der Waals surface area contributed by atoms with Crippen molar-refractivity contribution in [2.24, 2.45) is 5.92 Å². The third-order valence-electron chi connectivity index (χ3n) is 6.48. The minimum absolute atomic E-state index is 0.198. The van der Waals surface area contributed by atoms with E-state index in [0.717, 1.165) is 37.3 Å². The molecule has 5 nitrogen and oxygen atoms in total. The molecule has 0 bridgehead atoms. The maximum absolute atomic E-state index is 13.5. The summed E-state index contributed by atoms with van der Waals surface area (Å²) in [6, 6.07) is 12.3. The molecule has 2 heterocycles. The predicted octanol–water partition coefficient (Wildman–Crippen LogP) is 4.27. The van der Waals surface area contributed by atoms with Crippen molar-refractivity contribution in [2.45, 2.75) is 57.9 Å². The van der Waals surface area contributed by atoms with Gasteiger partial charge in [-0.3, -0.25) is 4.79 Å². The van der Waals surface area contributed by atoms with Crippen LogP contribution in [0.15, 0.2) is 42.6 Å². The minimum Gasteiger partial charge on any atom is -0.335 e. The fraction of sp³-hybridized carbons (Fsp3) is 0.583. The molecular formula is C24H34N4O. The summed E-state index contributed by atoms with van der Waals surface area (Å²) in [5.41, 5.74) is 2.13. The number of hydrogen-bond donors (Lipinski definition) is 0. The van der Waals surface area contributed by atoms with Crippen LogP contribution in [0.3, 0.4) is 0 Å². The van der Waals surface area contributed by atoms with Crippen LogP contribution in [0.5, 0.6) is 0 Å². The second-order valence-electron chi connectivity index (χ2n) is 8.57. The van der Waals surface area contributed by atoms with E-state index in [1.54, 1.807) is 0 Å². The predicted molar refractivity (Wildman–Crippen MR) is 116 cm³/mol. The van der Waals surface area contributed by atoms with E-state index in [1.807, 2.05) is 29.1 Å². The Morgan fingerprint density at radius 3 is 2.41 bits per heavy atom. The first-order chi connectivity index (χ1) is 14.3. The highest BCUT2D eigenvalue weighted by molar-refractivity contribution is 5.78. The number of amides is 1. The van der Waals surface area contributed by atoms with Crippen molar-refractivity contribution in [3.8, 4) is 5.69 Å². The minimum atomic E-state index is 0.198.